The second-order valence-electron chi connectivity index (χ2n) is 7.77. The van der Waals surface area contributed by atoms with Gasteiger partial charge in [-0.15, -0.1) is 0 Å². The Morgan fingerprint density at radius 2 is 0.833 bits per heavy atom. The van der Waals surface area contributed by atoms with Crippen LogP contribution in [-0.2, 0) is 32.0 Å². The maximum absolute atomic E-state index is 11.6. The molecule has 2 aromatic rings. The summed E-state index contributed by atoms with van der Waals surface area (Å²) in [4.78, 5) is 46.4. The summed E-state index contributed by atoms with van der Waals surface area (Å²) in [5, 5.41) is 0. The molecule has 30 heavy (non-hydrogen) atoms. The van der Waals surface area contributed by atoms with E-state index in [-0.39, 0.29) is 23.1 Å². The highest BCUT2D eigenvalue weighted by Gasteiger charge is 2.20. The van der Waals surface area contributed by atoms with Crippen molar-refractivity contribution in [3.63, 3.8) is 0 Å². The molecule has 0 heterocycles. The van der Waals surface area contributed by atoms with E-state index in [2.05, 4.69) is 0 Å². The lowest BCUT2D eigenvalue weighted by molar-refractivity contribution is -0.131. The number of hydrogen-bond donors (Lipinski definition) is 0. The molecule has 0 bridgehead atoms. The predicted molar refractivity (Wildman–Crippen MR) is 119 cm³/mol. The zero-order valence-corrected chi connectivity index (χ0v) is 18.0. The fourth-order valence-electron chi connectivity index (χ4n) is 3.34. The minimum Gasteiger partial charge on any atom is -0.299 e. The first-order valence-electron chi connectivity index (χ1n) is 10.0. The van der Waals surface area contributed by atoms with Gasteiger partial charge in [0.25, 0.3) is 0 Å². The minimum absolute atomic E-state index is 0.104. The molecule has 2 aromatic carbocycles. The molecule has 0 saturated heterocycles. The van der Waals surface area contributed by atoms with E-state index in [1.807, 2.05) is 60.7 Å². The summed E-state index contributed by atoms with van der Waals surface area (Å²) in [6, 6.07) is 15.6. The second kappa shape index (κ2) is 10.6. The van der Waals surface area contributed by atoms with Gasteiger partial charge < -0.3 is 0 Å². The lowest BCUT2D eigenvalue weighted by Crippen LogP contribution is -2.21. The number of carbonyl (C=O) groups is 4. The maximum atomic E-state index is 11.6. The zero-order chi connectivity index (χ0) is 22.3. The molecule has 0 radical (unpaired) electrons. The van der Waals surface area contributed by atoms with Gasteiger partial charge in [0.2, 0.25) is 0 Å². The molecule has 0 spiro atoms. The van der Waals surface area contributed by atoms with Gasteiger partial charge in [-0.05, 0) is 62.8 Å². The van der Waals surface area contributed by atoms with Gasteiger partial charge in [0, 0.05) is 0 Å². The molecule has 4 nitrogen and oxygen atoms in total. The van der Waals surface area contributed by atoms with Crippen LogP contribution in [0.25, 0.3) is 12.2 Å². The number of benzene rings is 2. The lowest BCUT2D eigenvalue weighted by atomic mass is 9.92. The normalized spacial score (nSPS) is 11.3. The van der Waals surface area contributed by atoms with Gasteiger partial charge in [0.05, 0.1) is 11.8 Å². The molecule has 4 heteroatoms. The Bertz CT molecular complexity index is 842. The van der Waals surface area contributed by atoms with Gasteiger partial charge >= 0.3 is 0 Å². The largest absolute Gasteiger partial charge is 0.299 e. The summed E-state index contributed by atoms with van der Waals surface area (Å²) >= 11 is 0. The molecule has 0 aliphatic rings. The first kappa shape index (κ1) is 23.1. The van der Waals surface area contributed by atoms with Crippen LogP contribution < -0.4 is 0 Å². The van der Waals surface area contributed by atoms with Gasteiger partial charge in [-0.1, -0.05) is 60.7 Å². The summed E-state index contributed by atoms with van der Waals surface area (Å²) in [6.07, 6.45) is 4.83. The third-order valence-electron chi connectivity index (χ3n) is 5.27. The van der Waals surface area contributed by atoms with Gasteiger partial charge in [-0.3, -0.25) is 19.2 Å². The smallest absolute Gasteiger partial charge is 0.140 e. The number of ketones is 4. The topological polar surface area (TPSA) is 68.3 Å². The fourth-order valence-corrected chi connectivity index (χ4v) is 3.34. The first-order chi connectivity index (χ1) is 14.2. The number of Topliss-reactive ketones (excluding diaryl/α,β-unsaturated/α-hetero) is 4. The Balaban J connectivity index is 2.02. The van der Waals surface area contributed by atoms with Crippen LogP contribution in [-0.4, -0.2) is 23.1 Å². The van der Waals surface area contributed by atoms with Crippen LogP contribution in [0, 0.1) is 11.8 Å². The summed E-state index contributed by atoms with van der Waals surface area (Å²) in [7, 11) is 0. The van der Waals surface area contributed by atoms with Crippen LogP contribution in [0.4, 0.5) is 0 Å². The van der Waals surface area contributed by atoms with E-state index < -0.39 is 11.8 Å². The van der Waals surface area contributed by atoms with Gasteiger partial charge in [0.15, 0.2) is 0 Å². The van der Waals surface area contributed by atoms with Crippen LogP contribution in [0.15, 0.2) is 48.5 Å². The van der Waals surface area contributed by atoms with E-state index in [0.717, 1.165) is 22.3 Å². The third kappa shape index (κ3) is 6.73. The Morgan fingerprint density at radius 3 is 1.07 bits per heavy atom. The highest BCUT2D eigenvalue weighted by Crippen LogP contribution is 2.16. The summed E-state index contributed by atoms with van der Waals surface area (Å²) in [5.74, 6) is -1.56. The second-order valence-corrected chi connectivity index (χ2v) is 7.77. The van der Waals surface area contributed by atoms with Crippen LogP contribution in [0.2, 0.25) is 0 Å². The third-order valence-corrected chi connectivity index (χ3v) is 5.27. The molecule has 0 fully saturated rings. The van der Waals surface area contributed by atoms with E-state index >= 15 is 0 Å². The molecule has 156 valence electrons. The van der Waals surface area contributed by atoms with E-state index in [1.165, 1.54) is 27.7 Å². The molecule has 0 amide bonds. The predicted octanol–water partition coefficient (Wildman–Crippen LogP) is 4.53. The highest BCUT2D eigenvalue weighted by molar-refractivity contribution is 6.01. The van der Waals surface area contributed by atoms with Crippen LogP contribution in [0.1, 0.15) is 49.9 Å². The molecule has 0 aliphatic carbocycles. The standard InChI is InChI=1S/C26H28O4/c1-17(27)25(18(2)28)15-23-11-7-21(8-12-23)5-6-22-9-13-24(14-10-22)16-26(19(3)29)20(4)30/h5-14,25-26H,15-16H2,1-4H3. The minimum atomic E-state index is -0.574. The number of carbonyl (C=O) groups excluding carboxylic acids is 4. The van der Waals surface area contributed by atoms with Gasteiger partial charge in [0.1, 0.15) is 23.1 Å². The van der Waals surface area contributed by atoms with Gasteiger partial charge in [-0.25, -0.2) is 0 Å². The lowest BCUT2D eigenvalue weighted by Gasteiger charge is -2.10. The first-order valence-corrected chi connectivity index (χ1v) is 10.0. The van der Waals surface area contributed by atoms with E-state index in [4.69, 9.17) is 0 Å². The Hall–Kier alpha value is -3.14. The molecule has 0 aromatic heterocycles. The quantitative estimate of drug-likeness (QED) is 0.431. The summed E-state index contributed by atoms with van der Waals surface area (Å²) in [5.41, 5.74) is 3.94. The molecule has 0 atom stereocenters. The van der Waals surface area contributed by atoms with Crippen LogP contribution in [0.3, 0.4) is 0 Å². The average Bonchev–Trinajstić information content (AvgIpc) is 2.69. The summed E-state index contributed by atoms with van der Waals surface area (Å²) in [6.45, 7) is 5.81. The maximum Gasteiger partial charge on any atom is 0.140 e. The Kier molecular flexibility index (Phi) is 8.16. The zero-order valence-electron chi connectivity index (χ0n) is 18.0. The van der Waals surface area contributed by atoms with Gasteiger partial charge in [-0.2, -0.15) is 0 Å². The molecule has 2 rings (SSSR count). The van der Waals surface area contributed by atoms with Crippen molar-refractivity contribution in [2.45, 2.75) is 40.5 Å². The van der Waals surface area contributed by atoms with Crippen molar-refractivity contribution in [2.24, 2.45) is 11.8 Å². The van der Waals surface area contributed by atoms with Crippen LogP contribution in [0.5, 0.6) is 0 Å². The Morgan fingerprint density at radius 1 is 0.567 bits per heavy atom. The Labute approximate surface area is 178 Å². The van der Waals surface area contributed by atoms with Crippen molar-refractivity contribution in [3.8, 4) is 0 Å². The molecular weight excluding hydrogens is 376 g/mol. The van der Waals surface area contributed by atoms with E-state index in [1.54, 1.807) is 0 Å². The molecule has 0 N–H and O–H groups in total. The van der Waals surface area contributed by atoms with Crippen molar-refractivity contribution in [2.75, 3.05) is 0 Å². The number of hydrogen-bond acceptors (Lipinski definition) is 4. The van der Waals surface area contributed by atoms with E-state index in [9.17, 15) is 19.2 Å². The molecule has 0 aliphatic heterocycles. The van der Waals surface area contributed by atoms with Crippen molar-refractivity contribution in [1.29, 1.82) is 0 Å². The summed E-state index contributed by atoms with van der Waals surface area (Å²) < 4.78 is 0. The van der Waals surface area contributed by atoms with Crippen LogP contribution >= 0.6 is 0 Å². The highest BCUT2D eigenvalue weighted by atomic mass is 16.2. The fraction of sp³-hybridized carbons (Fsp3) is 0.308. The van der Waals surface area contributed by atoms with Crippen molar-refractivity contribution in [3.05, 3.63) is 70.8 Å². The monoisotopic (exact) mass is 404 g/mol. The van der Waals surface area contributed by atoms with Crippen molar-refractivity contribution < 1.29 is 19.2 Å². The molecule has 0 saturated carbocycles. The SMILES string of the molecule is CC(=O)C(Cc1ccc(C=Cc2ccc(CC(C(C)=O)C(C)=O)cc2)cc1)C(C)=O. The molecular formula is C26H28O4. The van der Waals surface area contributed by atoms with Crippen molar-refractivity contribution >= 4 is 35.3 Å². The number of rotatable bonds is 10. The average molecular weight is 405 g/mol. The molecule has 0 unspecified atom stereocenters. The van der Waals surface area contributed by atoms with E-state index in [0.29, 0.717) is 12.8 Å². The van der Waals surface area contributed by atoms with Crippen molar-refractivity contribution in [1.82, 2.24) is 0 Å².